The number of nitrogens with one attached hydrogen (secondary N) is 11. The highest BCUT2D eigenvalue weighted by molar-refractivity contribution is 6.05. The topological polar surface area (TPSA) is 863 Å². The maximum absolute atomic E-state index is 10.8. The monoisotopic (exact) mass is 1180 g/mol. The summed E-state index contributed by atoms with van der Waals surface area (Å²) in [6.07, 6.45) is 4.79. The molecule has 1 atom stereocenters. The third kappa shape index (κ3) is 25.0. The predicted molar refractivity (Wildman–Crippen MR) is 307 cm³/mol. The molecule has 0 spiro atoms. The maximum Gasteiger partial charge on any atom is 0.348 e. The van der Waals surface area contributed by atoms with Crippen molar-refractivity contribution >= 4 is 92.9 Å². The van der Waals surface area contributed by atoms with Gasteiger partial charge in [0.2, 0.25) is 23.7 Å². The van der Waals surface area contributed by atoms with Crippen molar-refractivity contribution in [3.8, 4) is 5.88 Å². The molecule has 45 nitrogen and oxygen atoms in total. The van der Waals surface area contributed by atoms with Crippen molar-refractivity contribution in [2.24, 2.45) is 11.7 Å². The molecule has 0 aromatic carbocycles. The van der Waals surface area contributed by atoms with Crippen LogP contribution in [0.15, 0.2) is 96.8 Å². The highest BCUT2D eigenvalue weighted by Gasteiger charge is 2.22. The number of imide groups is 1. The Balaban J connectivity index is 0.000000473. The molecule has 8 aromatic heterocycles. The maximum atomic E-state index is 10.8. The molecule has 450 valence electrons. The smallest absolute Gasteiger partial charge is 0.348 e. The summed E-state index contributed by atoms with van der Waals surface area (Å²) in [6.45, 7) is 3.31. The van der Waals surface area contributed by atoms with Gasteiger partial charge in [0.25, 0.3) is 39.3 Å². The van der Waals surface area contributed by atoms with Crippen LogP contribution in [0.1, 0.15) is 12.6 Å². The second kappa shape index (κ2) is 32.1. The van der Waals surface area contributed by atoms with Gasteiger partial charge in [0.05, 0.1) is 30.3 Å². The number of aromatic nitrogens is 16. The standard InChI is InChI=1S/C6H8N2O2.C5H8N4O.C4H7N5O.3C4H6N4O.3C4H5N3O2/c1-3-4(7)2-5(9)8-6(3)10;1-2-3(6)4(7)9-5(10)8-2;5-1-2(6)8-4(10)9-3(1)7;2*5-2-3(6)7-1-8-4(2)9;5-2-1-3(9)8-4(6)7-2;5-2-1-6-4(9)7-3(2)8;5-4-6-2(8)1-3(9)7-4;5-2-1-3(8)7-4(9)6-2/h2-3H,7H2,1H3,(H,8,9,10);6H2,1H3,(H3,7,8,9,10);5H2,(H5,6,7,8,9,10);2*1H,5H2,(H3,6,7,8,9);1H,(H5,5,6,7,8,9);1H,5H2,(H2,6,7,8,9);2*1H,(H4,5,6,7,8,9). The molecule has 1 aliphatic heterocycles. The van der Waals surface area contributed by atoms with Crippen molar-refractivity contribution in [1.29, 1.82) is 0 Å². The summed E-state index contributed by atoms with van der Waals surface area (Å²) in [5.74, 6) is -1.10. The Morgan fingerprint density at radius 1 is 0.476 bits per heavy atom. The Hall–Kier alpha value is -13.7. The van der Waals surface area contributed by atoms with Crippen molar-refractivity contribution in [3.63, 3.8) is 0 Å². The molecule has 1 unspecified atom stereocenters. The molecule has 42 N–H and O–H groups in total. The van der Waals surface area contributed by atoms with E-state index in [1.807, 2.05) is 9.97 Å². The summed E-state index contributed by atoms with van der Waals surface area (Å²) >= 11 is 0. The zero-order chi connectivity index (χ0) is 64.3. The van der Waals surface area contributed by atoms with Gasteiger partial charge in [-0.2, -0.15) is 19.9 Å². The van der Waals surface area contributed by atoms with Gasteiger partial charge in [0.15, 0.2) is 23.3 Å². The third-order valence-electron chi connectivity index (χ3n) is 8.66. The first-order valence-corrected chi connectivity index (χ1v) is 21.9. The van der Waals surface area contributed by atoms with E-state index >= 15 is 0 Å². The molecule has 1 aliphatic rings. The minimum Gasteiger partial charge on any atom is -0.493 e. The highest BCUT2D eigenvalue weighted by Crippen LogP contribution is 2.13. The molecule has 9 rings (SSSR count). The summed E-state index contributed by atoms with van der Waals surface area (Å²) < 4.78 is 0. The quantitative estimate of drug-likeness (QED) is 0.0627. The average molecular weight is 1180 g/mol. The molecule has 0 bridgehead atoms. The van der Waals surface area contributed by atoms with E-state index in [1.165, 1.54) is 18.7 Å². The summed E-state index contributed by atoms with van der Waals surface area (Å²) in [5, 5.41) is 10.7. The fourth-order valence-corrected chi connectivity index (χ4v) is 4.54. The minimum absolute atomic E-state index is 0.00889. The number of nitrogens with two attached hydrogens (primary N) is 15. The summed E-state index contributed by atoms with van der Waals surface area (Å²) in [4.78, 5) is 168. The molecular weight excluding hydrogens is 1120 g/mol. The number of carbonyl (C=O) groups is 2. The van der Waals surface area contributed by atoms with Gasteiger partial charge >= 0.3 is 22.8 Å². The molecule has 45 heteroatoms. The van der Waals surface area contributed by atoms with Gasteiger partial charge in [-0.15, -0.1) is 0 Å². The lowest BCUT2D eigenvalue weighted by molar-refractivity contribution is -0.130. The number of rotatable bonds is 0. The molecule has 2 amide bonds. The van der Waals surface area contributed by atoms with E-state index in [9.17, 15) is 57.5 Å². The Labute approximate surface area is 462 Å². The van der Waals surface area contributed by atoms with E-state index in [4.69, 9.17) is 91.1 Å². The van der Waals surface area contributed by atoms with Crippen LogP contribution >= 0.6 is 0 Å². The van der Waals surface area contributed by atoms with Gasteiger partial charge < -0.3 is 111 Å². The largest absolute Gasteiger partial charge is 0.493 e. The van der Waals surface area contributed by atoms with Gasteiger partial charge in [-0.3, -0.25) is 73.6 Å². The lowest BCUT2D eigenvalue weighted by Gasteiger charge is -2.15. The zero-order valence-corrected chi connectivity index (χ0v) is 43.3. The number of H-pyrrole nitrogens is 10. The van der Waals surface area contributed by atoms with Crippen LogP contribution in [0.2, 0.25) is 0 Å². The summed E-state index contributed by atoms with van der Waals surface area (Å²) in [6, 6.07) is 3.20. The number of hydrogen-bond donors (Lipinski definition) is 27. The molecule has 9 heterocycles. The highest BCUT2D eigenvalue weighted by atomic mass is 16.3. The molecule has 8 aromatic rings. The number of aromatic hydroxyl groups is 1. The molecule has 0 aliphatic carbocycles. The van der Waals surface area contributed by atoms with Gasteiger partial charge in [0.1, 0.15) is 40.2 Å². The number of aromatic amines is 10. The van der Waals surface area contributed by atoms with Crippen LogP contribution in [0, 0.1) is 12.8 Å². The molecule has 0 saturated carbocycles. The van der Waals surface area contributed by atoms with E-state index in [1.54, 1.807) is 13.8 Å². The van der Waals surface area contributed by atoms with Gasteiger partial charge in [0, 0.05) is 35.8 Å². The number of hydrogen-bond acceptors (Lipinski definition) is 34. The number of nitrogens with zero attached hydrogens (tertiary/aromatic N) is 6. The van der Waals surface area contributed by atoms with E-state index in [0.29, 0.717) is 17.1 Å². The van der Waals surface area contributed by atoms with Crippen LogP contribution in [0.25, 0.3) is 0 Å². The van der Waals surface area contributed by atoms with Crippen LogP contribution in [-0.4, -0.2) is 96.7 Å². The van der Waals surface area contributed by atoms with E-state index in [2.05, 4.69) is 75.1 Å². The number of carbonyl (C=O) groups excluding carboxylic acids is 2. The minimum atomic E-state index is -0.593. The van der Waals surface area contributed by atoms with Crippen molar-refractivity contribution in [2.45, 2.75) is 13.8 Å². The first kappa shape index (κ1) is 68.3. The van der Waals surface area contributed by atoms with E-state index in [0.717, 1.165) is 24.4 Å². The number of amides is 2. The molecule has 84 heavy (non-hydrogen) atoms. The molecule has 0 fully saturated rings. The van der Waals surface area contributed by atoms with Gasteiger partial charge in [-0.25, -0.2) is 29.1 Å². The summed E-state index contributed by atoms with van der Waals surface area (Å²) in [7, 11) is 0. The van der Waals surface area contributed by atoms with Crippen LogP contribution in [0.4, 0.5) is 81.1 Å². The van der Waals surface area contributed by atoms with Gasteiger partial charge in [-0.05, 0) is 13.8 Å². The van der Waals surface area contributed by atoms with Crippen LogP contribution < -0.4 is 147 Å². The van der Waals surface area contributed by atoms with Crippen molar-refractivity contribution in [2.75, 3.05) is 80.3 Å². The van der Waals surface area contributed by atoms with Crippen molar-refractivity contribution in [1.82, 2.24) is 85.1 Å². The first-order chi connectivity index (χ1) is 39.0. The van der Waals surface area contributed by atoms with Crippen LogP contribution in [-0.2, 0) is 9.59 Å². The Morgan fingerprint density at radius 3 is 1.36 bits per heavy atom. The third-order valence-corrected chi connectivity index (χ3v) is 8.66. The number of anilines is 14. The average Bonchev–Trinajstić information content (AvgIpc) is 3.41. The fourth-order valence-electron chi connectivity index (χ4n) is 4.54. The van der Waals surface area contributed by atoms with Gasteiger partial charge in [-0.1, -0.05) is 0 Å². The normalized spacial score (nSPS) is 11.4. The van der Waals surface area contributed by atoms with E-state index in [-0.39, 0.29) is 98.6 Å². The van der Waals surface area contributed by atoms with Crippen molar-refractivity contribution in [3.05, 3.63) is 159 Å². The lowest BCUT2D eigenvalue weighted by Crippen LogP contribution is -2.40. The molecular formula is C39H56N32O13. The Bertz CT molecular complexity index is 3900. The Morgan fingerprint density at radius 2 is 0.964 bits per heavy atom. The van der Waals surface area contributed by atoms with Crippen molar-refractivity contribution < 1.29 is 14.7 Å². The number of nitrogen functional groups attached to an aromatic ring is 14. The molecule has 0 radical (unpaired) electrons. The number of aryl methyl sites for hydroxylation is 1. The SMILES string of the molecule is CC1C(=O)NC(=O)C=C1N.Cc1[nH]c(=O)nc(N)c1N.Nc1c[nH]c(=O)[nH]c1=O.Nc1cc(=O)[nH]c(=O)[nH]1.Nc1cc(=O)[nH]c(N)n1.Nc1nc(=O)[nH]c(N)c1N.Nc1nc(O)cc(=O)[nH]1.Nc1nc[nH]c(=O)c1N.Nc1nc[nH]c(=O)c1N. The fraction of sp³-hybridized carbons (Fsp3) is 0.0769. The van der Waals surface area contributed by atoms with Crippen LogP contribution in [0.5, 0.6) is 5.88 Å². The summed E-state index contributed by atoms with van der Waals surface area (Å²) in [5.41, 5.74) is 74.2. The Kier molecular flexibility index (Phi) is 26.2. The second-order valence-corrected chi connectivity index (χ2v) is 15.1. The van der Waals surface area contributed by atoms with Crippen LogP contribution in [0.3, 0.4) is 0 Å². The predicted octanol–water partition coefficient (Wildman–Crippen LogP) is -9.97. The second-order valence-electron chi connectivity index (χ2n) is 15.1. The lowest BCUT2D eigenvalue weighted by atomic mass is 10.0. The molecule has 0 saturated heterocycles. The zero-order valence-electron chi connectivity index (χ0n) is 43.3. The van der Waals surface area contributed by atoms with E-state index < -0.39 is 56.5 Å². The first-order valence-electron chi connectivity index (χ1n) is 21.9.